The standard InChI is InChI=1S/C81H158O17P2/c1-6-10-13-16-19-21-23-25-27-28-29-30-31-33-39-43-47-52-57-62-67-81(86)98-77(71-92-79(84)65-60-55-50-45-41-37-35-34-36-40-44-49-53-58-63-74(5)9-4)73-96-100(89,90)94-69-75(82)68-93-99(87,88)95-72-76(70-91-78(83)64-59-54-48-18-15-12-8-3)97-80(85)66-61-56-51-46-42-38-32-26-24-22-20-17-14-11-7-2/h74-77,82H,6-73H2,1-5H3,(H,87,88)(H,89,90)/t74?,75-,76+,77+/m0/s1. The summed E-state index contributed by atoms with van der Waals surface area (Å²) in [4.78, 5) is 72.9. The summed E-state index contributed by atoms with van der Waals surface area (Å²) >= 11 is 0. The molecule has 0 spiro atoms. The van der Waals surface area contributed by atoms with Crippen molar-refractivity contribution in [1.82, 2.24) is 0 Å². The van der Waals surface area contributed by atoms with E-state index in [2.05, 4.69) is 34.6 Å². The number of esters is 4. The first-order chi connectivity index (χ1) is 48.6. The third kappa shape index (κ3) is 73.0. The molecule has 0 aliphatic heterocycles. The van der Waals surface area contributed by atoms with Gasteiger partial charge < -0.3 is 33.8 Å². The van der Waals surface area contributed by atoms with E-state index in [4.69, 9.17) is 37.0 Å². The van der Waals surface area contributed by atoms with Crippen LogP contribution in [0.5, 0.6) is 0 Å². The molecule has 0 rings (SSSR count). The van der Waals surface area contributed by atoms with Crippen LogP contribution in [0.1, 0.15) is 433 Å². The lowest BCUT2D eigenvalue weighted by Gasteiger charge is -2.21. The van der Waals surface area contributed by atoms with Crippen molar-refractivity contribution in [2.75, 3.05) is 39.6 Å². The van der Waals surface area contributed by atoms with Crippen LogP contribution >= 0.6 is 15.6 Å². The number of aliphatic hydroxyl groups excluding tert-OH is 1. The summed E-state index contributed by atoms with van der Waals surface area (Å²) in [6, 6.07) is 0. The van der Waals surface area contributed by atoms with Crippen molar-refractivity contribution in [3.05, 3.63) is 0 Å². The highest BCUT2D eigenvalue weighted by Gasteiger charge is 2.30. The Balaban J connectivity index is 5.18. The Kier molecular flexibility index (Phi) is 72.5. The minimum absolute atomic E-state index is 0.108. The lowest BCUT2D eigenvalue weighted by Crippen LogP contribution is -2.30. The van der Waals surface area contributed by atoms with Crippen LogP contribution in [0.2, 0.25) is 0 Å². The van der Waals surface area contributed by atoms with Crippen LogP contribution in [-0.2, 0) is 65.4 Å². The Morgan fingerprint density at radius 3 is 0.710 bits per heavy atom. The van der Waals surface area contributed by atoms with E-state index >= 15 is 0 Å². The first-order valence-electron chi connectivity index (χ1n) is 42.2. The third-order valence-electron chi connectivity index (χ3n) is 19.4. The second-order valence-corrected chi connectivity index (χ2v) is 32.3. The first-order valence-corrected chi connectivity index (χ1v) is 45.2. The third-order valence-corrected chi connectivity index (χ3v) is 21.3. The van der Waals surface area contributed by atoms with Crippen LogP contribution in [0.25, 0.3) is 0 Å². The van der Waals surface area contributed by atoms with Gasteiger partial charge in [-0.2, -0.15) is 0 Å². The molecule has 3 N–H and O–H groups in total. The highest BCUT2D eigenvalue weighted by molar-refractivity contribution is 7.47. The van der Waals surface area contributed by atoms with Gasteiger partial charge in [0.15, 0.2) is 12.2 Å². The van der Waals surface area contributed by atoms with Crippen LogP contribution in [0, 0.1) is 5.92 Å². The SMILES string of the molecule is CCCCCCCCCCCCCCCCCCCCCCC(=O)O[C@H](COC(=O)CCCCCCCCCCCCCCCCC(C)CC)COP(=O)(O)OC[C@@H](O)COP(=O)(O)OC[C@@H](COC(=O)CCCCCCCCC)OC(=O)CCCCCCCCCCCCCCCCC. The Morgan fingerprint density at radius 1 is 0.280 bits per heavy atom. The predicted molar refractivity (Wildman–Crippen MR) is 409 cm³/mol. The van der Waals surface area contributed by atoms with Gasteiger partial charge in [-0.15, -0.1) is 0 Å². The monoisotopic (exact) mass is 1470 g/mol. The van der Waals surface area contributed by atoms with Gasteiger partial charge in [-0.05, 0) is 31.6 Å². The summed E-state index contributed by atoms with van der Waals surface area (Å²) in [7, 11) is -9.91. The topological polar surface area (TPSA) is 237 Å². The van der Waals surface area contributed by atoms with Gasteiger partial charge in [-0.25, -0.2) is 9.13 Å². The number of carbonyl (C=O) groups is 4. The van der Waals surface area contributed by atoms with E-state index in [1.807, 2.05) is 0 Å². The molecule has 0 saturated carbocycles. The number of phosphoric ester groups is 2. The molecule has 0 aromatic heterocycles. The van der Waals surface area contributed by atoms with E-state index in [9.17, 15) is 43.2 Å². The van der Waals surface area contributed by atoms with Crippen LogP contribution in [0.4, 0.5) is 0 Å². The number of ether oxygens (including phenoxy) is 4. The second-order valence-electron chi connectivity index (χ2n) is 29.4. The second kappa shape index (κ2) is 73.9. The summed E-state index contributed by atoms with van der Waals surface area (Å²) in [5.41, 5.74) is 0. The van der Waals surface area contributed by atoms with Crippen molar-refractivity contribution >= 4 is 39.5 Å². The molecule has 3 unspecified atom stereocenters. The molecule has 17 nitrogen and oxygen atoms in total. The Bertz CT molecular complexity index is 1910. The molecule has 100 heavy (non-hydrogen) atoms. The Hall–Kier alpha value is -1.94. The molecule has 0 aliphatic rings. The van der Waals surface area contributed by atoms with Crippen molar-refractivity contribution in [2.45, 2.75) is 451 Å². The highest BCUT2D eigenvalue weighted by atomic mass is 31.2. The van der Waals surface area contributed by atoms with Crippen molar-refractivity contribution in [3.8, 4) is 0 Å². The van der Waals surface area contributed by atoms with Gasteiger partial charge in [0.1, 0.15) is 19.3 Å². The molecule has 594 valence electrons. The average molecular weight is 1470 g/mol. The highest BCUT2D eigenvalue weighted by Crippen LogP contribution is 2.45. The molecule has 0 saturated heterocycles. The van der Waals surface area contributed by atoms with Gasteiger partial charge in [-0.1, -0.05) is 381 Å². The van der Waals surface area contributed by atoms with Crippen molar-refractivity contribution in [3.63, 3.8) is 0 Å². The van der Waals surface area contributed by atoms with Crippen molar-refractivity contribution in [1.29, 1.82) is 0 Å². The number of phosphoric acid groups is 2. The van der Waals surface area contributed by atoms with Gasteiger partial charge >= 0.3 is 39.5 Å². The zero-order valence-corrected chi connectivity index (χ0v) is 67.1. The van der Waals surface area contributed by atoms with Gasteiger partial charge in [-0.3, -0.25) is 37.3 Å². The number of hydrogen-bond acceptors (Lipinski definition) is 15. The van der Waals surface area contributed by atoms with Crippen LogP contribution in [-0.4, -0.2) is 96.7 Å². The molecule has 19 heteroatoms. The maximum Gasteiger partial charge on any atom is 0.472 e. The fraction of sp³-hybridized carbons (Fsp3) is 0.951. The van der Waals surface area contributed by atoms with Gasteiger partial charge in [0.25, 0.3) is 0 Å². The van der Waals surface area contributed by atoms with E-state index in [-0.39, 0.29) is 25.7 Å². The molecule has 0 heterocycles. The molecule has 0 amide bonds. The molecule has 0 radical (unpaired) electrons. The number of hydrogen-bond donors (Lipinski definition) is 3. The lowest BCUT2D eigenvalue weighted by atomic mass is 9.99. The molecule has 0 aromatic carbocycles. The summed E-state index contributed by atoms with van der Waals surface area (Å²) in [5.74, 6) is -1.26. The minimum atomic E-state index is -4.96. The summed E-state index contributed by atoms with van der Waals surface area (Å²) < 4.78 is 68.6. The van der Waals surface area contributed by atoms with Gasteiger partial charge in [0.05, 0.1) is 26.4 Å². The van der Waals surface area contributed by atoms with E-state index in [1.54, 1.807) is 0 Å². The average Bonchev–Trinajstić information content (AvgIpc) is 0.931. The van der Waals surface area contributed by atoms with Crippen molar-refractivity contribution < 1.29 is 80.2 Å². The van der Waals surface area contributed by atoms with E-state index in [0.717, 1.165) is 109 Å². The summed E-state index contributed by atoms with van der Waals surface area (Å²) in [5, 5.41) is 10.6. The normalized spacial score (nSPS) is 14.1. The molecular formula is C81H158O17P2. The fourth-order valence-electron chi connectivity index (χ4n) is 12.6. The minimum Gasteiger partial charge on any atom is -0.462 e. The number of rotatable bonds is 81. The smallest absolute Gasteiger partial charge is 0.462 e. The molecule has 6 atom stereocenters. The molecular weight excluding hydrogens is 1310 g/mol. The van der Waals surface area contributed by atoms with Crippen molar-refractivity contribution in [2.24, 2.45) is 5.92 Å². The molecule has 0 aliphatic carbocycles. The van der Waals surface area contributed by atoms with Crippen LogP contribution < -0.4 is 0 Å². The first kappa shape index (κ1) is 98.1. The molecule has 0 aromatic rings. The van der Waals surface area contributed by atoms with Crippen LogP contribution in [0.3, 0.4) is 0 Å². The van der Waals surface area contributed by atoms with E-state index in [0.29, 0.717) is 25.7 Å². The summed E-state index contributed by atoms with van der Waals surface area (Å²) in [6.07, 6.45) is 65.3. The summed E-state index contributed by atoms with van der Waals surface area (Å²) in [6.45, 7) is 7.35. The maximum atomic E-state index is 13.1. The maximum absolute atomic E-state index is 13.1. The zero-order chi connectivity index (χ0) is 73.4. The predicted octanol–water partition coefficient (Wildman–Crippen LogP) is 24.4. The lowest BCUT2D eigenvalue weighted by molar-refractivity contribution is -0.161. The quantitative estimate of drug-likeness (QED) is 0.0222. The number of carbonyl (C=O) groups excluding carboxylic acids is 4. The number of unbranched alkanes of at least 4 members (excludes halogenated alkanes) is 52. The Morgan fingerprint density at radius 2 is 0.480 bits per heavy atom. The van der Waals surface area contributed by atoms with E-state index < -0.39 is 97.5 Å². The van der Waals surface area contributed by atoms with Crippen LogP contribution in [0.15, 0.2) is 0 Å². The Labute approximate surface area is 613 Å². The van der Waals surface area contributed by atoms with Gasteiger partial charge in [0.2, 0.25) is 0 Å². The number of aliphatic hydroxyl groups is 1. The molecule has 0 fully saturated rings. The van der Waals surface area contributed by atoms with Gasteiger partial charge in [0, 0.05) is 25.7 Å². The molecule has 0 bridgehead atoms. The zero-order valence-electron chi connectivity index (χ0n) is 65.3. The fourth-order valence-corrected chi connectivity index (χ4v) is 14.1. The van der Waals surface area contributed by atoms with E-state index in [1.165, 1.54) is 244 Å². The largest absolute Gasteiger partial charge is 0.472 e.